The molecule has 5 heteroatoms. The summed E-state index contributed by atoms with van der Waals surface area (Å²) in [5.74, 6) is -1.48. The SMILES string of the molecule is CCCN1CCc2nc3c(F)cccc3c(C(=O)O)c2C1. The number of rotatable bonds is 3. The van der Waals surface area contributed by atoms with Crippen LogP contribution in [0.25, 0.3) is 10.9 Å². The molecule has 0 amide bonds. The zero-order chi connectivity index (χ0) is 15.0. The predicted octanol–water partition coefficient (Wildman–Crippen LogP) is 2.84. The van der Waals surface area contributed by atoms with Crippen LogP contribution in [-0.4, -0.2) is 34.0 Å². The number of carbonyl (C=O) groups is 1. The number of nitrogens with zero attached hydrogens (tertiary/aromatic N) is 2. The normalized spacial score (nSPS) is 15.1. The van der Waals surface area contributed by atoms with E-state index in [4.69, 9.17) is 0 Å². The molecule has 3 rings (SSSR count). The molecule has 1 aromatic heterocycles. The smallest absolute Gasteiger partial charge is 0.336 e. The number of aromatic nitrogens is 1. The van der Waals surface area contributed by atoms with Crippen LogP contribution in [0, 0.1) is 5.82 Å². The lowest BCUT2D eigenvalue weighted by molar-refractivity contribution is 0.0695. The molecule has 0 atom stereocenters. The Balaban J connectivity index is 2.23. The highest BCUT2D eigenvalue weighted by atomic mass is 19.1. The lowest BCUT2D eigenvalue weighted by atomic mass is 9.95. The Morgan fingerprint density at radius 2 is 2.29 bits per heavy atom. The van der Waals surface area contributed by atoms with Crippen molar-refractivity contribution in [2.45, 2.75) is 26.3 Å². The van der Waals surface area contributed by atoms with Gasteiger partial charge in [-0.2, -0.15) is 0 Å². The summed E-state index contributed by atoms with van der Waals surface area (Å²) in [6.45, 7) is 4.44. The van der Waals surface area contributed by atoms with Crippen molar-refractivity contribution in [1.29, 1.82) is 0 Å². The Kier molecular flexibility index (Phi) is 3.59. The summed E-state index contributed by atoms with van der Waals surface area (Å²) in [7, 11) is 0. The van der Waals surface area contributed by atoms with E-state index in [2.05, 4.69) is 16.8 Å². The molecule has 0 aliphatic carbocycles. The number of hydrogen-bond acceptors (Lipinski definition) is 3. The van der Waals surface area contributed by atoms with Gasteiger partial charge in [0, 0.05) is 36.2 Å². The fourth-order valence-electron chi connectivity index (χ4n) is 3.04. The van der Waals surface area contributed by atoms with Gasteiger partial charge in [0.15, 0.2) is 0 Å². The van der Waals surface area contributed by atoms with Crippen LogP contribution in [0.1, 0.15) is 35.0 Å². The molecule has 4 nitrogen and oxygen atoms in total. The van der Waals surface area contributed by atoms with Crippen molar-refractivity contribution in [2.24, 2.45) is 0 Å². The molecule has 1 aliphatic rings. The van der Waals surface area contributed by atoms with Gasteiger partial charge in [-0.05, 0) is 19.0 Å². The number of hydrogen-bond donors (Lipinski definition) is 1. The van der Waals surface area contributed by atoms with Crippen molar-refractivity contribution in [2.75, 3.05) is 13.1 Å². The highest BCUT2D eigenvalue weighted by Crippen LogP contribution is 2.29. The van der Waals surface area contributed by atoms with Gasteiger partial charge >= 0.3 is 5.97 Å². The Labute approximate surface area is 122 Å². The minimum Gasteiger partial charge on any atom is -0.478 e. The molecule has 2 aromatic rings. The Hall–Kier alpha value is -2.01. The first-order valence-corrected chi connectivity index (χ1v) is 7.17. The van der Waals surface area contributed by atoms with E-state index in [1.54, 1.807) is 6.07 Å². The van der Waals surface area contributed by atoms with Gasteiger partial charge in [0.2, 0.25) is 0 Å². The minimum atomic E-state index is -1.01. The maximum absolute atomic E-state index is 13.9. The van der Waals surface area contributed by atoms with Crippen LogP contribution >= 0.6 is 0 Å². The average molecular weight is 288 g/mol. The van der Waals surface area contributed by atoms with Crippen LogP contribution in [0.5, 0.6) is 0 Å². The van der Waals surface area contributed by atoms with Crippen LogP contribution in [0.2, 0.25) is 0 Å². The Bertz CT molecular complexity index is 715. The maximum Gasteiger partial charge on any atom is 0.336 e. The second kappa shape index (κ2) is 5.41. The summed E-state index contributed by atoms with van der Waals surface area (Å²) in [5.41, 5.74) is 1.82. The average Bonchev–Trinajstić information content (AvgIpc) is 2.45. The number of carboxylic acid groups (broad SMARTS) is 1. The van der Waals surface area contributed by atoms with Crippen LogP contribution < -0.4 is 0 Å². The topological polar surface area (TPSA) is 53.4 Å². The van der Waals surface area contributed by atoms with Crippen molar-refractivity contribution in [3.05, 3.63) is 40.8 Å². The van der Waals surface area contributed by atoms with Gasteiger partial charge in [0.1, 0.15) is 11.3 Å². The third-order valence-corrected chi connectivity index (χ3v) is 3.95. The summed E-state index contributed by atoms with van der Waals surface area (Å²) >= 11 is 0. The molecule has 0 fully saturated rings. The summed E-state index contributed by atoms with van der Waals surface area (Å²) in [6.07, 6.45) is 1.69. The number of halogens is 1. The molecular weight excluding hydrogens is 271 g/mol. The van der Waals surface area contributed by atoms with Crippen molar-refractivity contribution in [3.63, 3.8) is 0 Å². The molecule has 0 spiro atoms. The first-order valence-electron chi connectivity index (χ1n) is 7.17. The molecule has 0 saturated heterocycles. The molecule has 1 aliphatic heterocycles. The van der Waals surface area contributed by atoms with Crippen molar-refractivity contribution >= 4 is 16.9 Å². The van der Waals surface area contributed by atoms with Gasteiger partial charge in [-0.3, -0.25) is 4.90 Å². The third-order valence-electron chi connectivity index (χ3n) is 3.95. The number of benzene rings is 1. The second-order valence-electron chi connectivity index (χ2n) is 5.38. The third kappa shape index (κ3) is 2.38. The van der Waals surface area contributed by atoms with Gasteiger partial charge in [-0.25, -0.2) is 14.2 Å². The maximum atomic E-state index is 13.9. The molecule has 110 valence electrons. The van der Waals surface area contributed by atoms with Gasteiger partial charge in [0.25, 0.3) is 0 Å². The Morgan fingerprint density at radius 3 is 3.00 bits per heavy atom. The lowest BCUT2D eigenvalue weighted by Gasteiger charge is -2.29. The number of carboxylic acids is 1. The van der Waals surface area contributed by atoms with E-state index in [0.717, 1.165) is 30.8 Å². The van der Waals surface area contributed by atoms with E-state index >= 15 is 0 Å². The summed E-state index contributed by atoms with van der Waals surface area (Å²) in [5, 5.41) is 9.97. The van der Waals surface area contributed by atoms with E-state index in [1.165, 1.54) is 12.1 Å². The fraction of sp³-hybridized carbons (Fsp3) is 0.375. The number of aromatic carboxylic acids is 1. The molecule has 0 bridgehead atoms. The standard InChI is InChI=1S/C16H17FN2O2/c1-2-7-19-8-6-13-11(9-19)14(16(20)21)10-4-3-5-12(17)15(10)18-13/h3-5H,2,6-9H2,1H3,(H,20,21). The first-order chi connectivity index (χ1) is 10.1. The summed E-state index contributed by atoms with van der Waals surface area (Å²) in [4.78, 5) is 18.3. The van der Waals surface area contributed by atoms with Crippen LogP contribution in [0.15, 0.2) is 18.2 Å². The zero-order valence-electron chi connectivity index (χ0n) is 11.9. The number of pyridine rings is 1. The highest BCUT2D eigenvalue weighted by Gasteiger charge is 2.26. The molecule has 0 radical (unpaired) electrons. The van der Waals surface area contributed by atoms with Crippen molar-refractivity contribution in [1.82, 2.24) is 9.88 Å². The molecular formula is C16H17FN2O2. The molecule has 2 heterocycles. The molecule has 0 unspecified atom stereocenters. The molecule has 0 saturated carbocycles. The summed E-state index contributed by atoms with van der Waals surface area (Å²) in [6, 6.07) is 4.48. The first kappa shape index (κ1) is 13.9. The van der Waals surface area contributed by atoms with Crippen molar-refractivity contribution < 1.29 is 14.3 Å². The van der Waals surface area contributed by atoms with E-state index < -0.39 is 11.8 Å². The quantitative estimate of drug-likeness (QED) is 0.943. The van der Waals surface area contributed by atoms with Gasteiger partial charge in [-0.15, -0.1) is 0 Å². The predicted molar refractivity (Wildman–Crippen MR) is 77.9 cm³/mol. The second-order valence-corrected chi connectivity index (χ2v) is 5.38. The van der Waals surface area contributed by atoms with E-state index in [1.807, 2.05) is 0 Å². The largest absolute Gasteiger partial charge is 0.478 e. The highest BCUT2D eigenvalue weighted by molar-refractivity contribution is 6.04. The molecule has 1 aromatic carbocycles. The zero-order valence-corrected chi connectivity index (χ0v) is 11.9. The Morgan fingerprint density at radius 1 is 1.48 bits per heavy atom. The van der Waals surface area contributed by atoms with Crippen LogP contribution in [0.4, 0.5) is 4.39 Å². The molecule has 1 N–H and O–H groups in total. The number of fused-ring (bicyclic) bond motifs is 2. The van der Waals surface area contributed by atoms with Gasteiger partial charge < -0.3 is 5.11 Å². The summed E-state index contributed by atoms with van der Waals surface area (Å²) < 4.78 is 13.9. The lowest BCUT2D eigenvalue weighted by Crippen LogP contribution is -2.33. The van der Waals surface area contributed by atoms with Crippen LogP contribution in [0.3, 0.4) is 0 Å². The van der Waals surface area contributed by atoms with Crippen LogP contribution in [-0.2, 0) is 13.0 Å². The van der Waals surface area contributed by atoms with Crippen molar-refractivity contribution in [3.8, 4) is 0 Å². The monoisotopic (exact) mass is 288 g/mol. The van der Waals surface area contributed by atoms with Gasteiger partial charge in [0.05, 0.1) is 5.56 Å². The van der Waals surface area contributed by atoms with E-state index in [-0.39, 0.29) is 11.1 Å². The number of para-hydroxylation sites is 1. The minimum absolute atomic E-state index is 0.164. The van der Waals surface area contributed by atoms with E-state index in [0.29, 0.717) is 18.4 Å². The van der Waals surface area contributed by atoms with Gasteiger partial charge in [-0.1, -0.05) is 19.1 Å². The van der Waals surface area contributed by atoms with E-state index in [9.17, 15) is 14.3 Å². The fourth-order valence-corrected chi connectivity index (χ4v) is 3.04. The molecule has 21 heavy (non-hydrogen) atoms.